The van der Waals surface area contributed by atoms with Crippen molar-refractivity contribution in [3.05, 3.63) is 30.0 Å². The Hall–Kier alpha value is -2.35. The Kier molecular flexibility index (Phi) is 2.92. The van der Waals surface area contributed by atoms with Crippen LogP contribution >= 0.6 is 0 Å². The molecule has 0 spiro atoms. The zero-order valence-electron chi connectivity index (χ0n) is 10.4. The van der Waals surface area contributed by atoms with Gasteiger partial charge in [-0.1, -0.05) is 18.2 Å². The summed E-state index contributed by atoms with van der Waals surface area (Å²) in [6.07, 6.45) is 2.72. The van der Waals surface area contributed by atoms with Crippen LogP contribution in [0.5, 0.6) is 0 Å². The Balaban J connectivity index is 1.83. The minimum atomic E-state index is -0.204. The standard InChI is InChI=1S/C14H14N4O/c15-8-9-4-3-7-11(9)16-14(19)13-10-5-1-2-6-12(10)17-18-13/h1-2,5-6,9,11H,3-4,7H2,(H,16,19)(H,17,18). The van der Waals surface area contributed by atoms with E-state index in [1.165, 1.54) is 0 Å². The van der Waals surface area contributed by atoms with E-state index in [0.717, 1.165) is 30.2 Å². The van der Waals surface area contributed by atoms with Crippen molar-refractivity contribution in [2.24, 2.45) is 5.92 Å². The second-order valence-corrected chi connectivity index (χ2v) is 4.86. The quantitative estimate of drug-likeness (QED) is 0.859. The van der Waals surface area contributed by atoms with Crippen LogP contribution in [0, 0.1) is 17.2 Å². The van der Waals surface area contributed by atoms with Crippen LogP contribution in [0.4, 0.5) is 0 Å². The van der Waals surface area contributed by atoms with Crippen LogP contribution in [0.3, 0.4) is 0 Å². The molecule has 1 aliphatic rings. The van der Waals surface area contributed by atoms with E-state index in [0.29, 0.717) is 5.69 Å². The van der Waals surface area contributed by atoms with Gasteiger partial charge < -0.3 is 5.32 Å². The average molecular weight is 254 g/mol. The molecule has 1 aromatic heterocycles. The minimum Gasteiger partial charge on any atom is -0.347 e. The van der Waals surface area contributed by atoms with E-state index in [4.69, 9.17) is 5.26 Å². The number of nitriles is 1. The fourth-order valence-electron chi connectivity index (χ4n) is 2.66. The zero-order chi connectivity index (χ0) is 13.2. The summed E-state index contributed by atoms with van der Waals surface area (Å²) in [4.78, 5) is 12.2. The maximum Gasteiger partial charge on any atom is 0.272 e. The first kappa shape index (κ1) is 11.7. The summed E-state index contributed by atoms with van der Waals surface area (Å²) in [5, 5.41) is 19.7. The molecular weight excluding hydrogens is 240 g/mol. The van der Waals surface area contributed by atoms with E-state index >= 15 is 0 Å². The van der Waals surface area contributed by atoms with Gasteiger partial charge in [-0.2, -0.15) is 10.4 Å². The van der Waals surface area contributed by atoms with E-state index in [9.17, 15) is 4.79 Å². The summed E-state index contributed by atoms with van der Waals surface area (Å²) in [5.41, 5.74) is 1.25. The maximum absolute atomic E-state index is 12.2. The van der Waals surface area contributed by atoms with Crippen LogP contribution < -0.4 is 5.32 Å². The molecule has 1 aromatic carbocycles. The van der Waals surface area contributed by atoms with Crippen molar-refractivity contribution in [2.45, 2.75) is 25.3 Å². The van der Waals surface area contributed by atoms with Gasteiger partial charge in [0.25, 0.3) is 5.91 Å². The fourth-order valence-corrected chi connectivity index (χ4v) is 2.66. The zero-order valence-corrected chi connectivity index (χ0v) is 10.4. The third-order valence-corrected chi connectivity index (χ3v) is 3.68. The first-order valence-corrected chi connectivity index (χ1v) is 6.43. The van der Waals surface area contributed by atoms with Crippen LogP contribution in [0.25, 0.3) is 10.9 Å². The Morgan fingerprint density at radius 3 is 3.11 bits per heavy atom. The Morgan fingerprint density at radius 2 is 2.26 bits per heavy atom. The Bertz CT molecular complexity index is 655. The predicted molar refractivity (Wildman–Crippen MR) is 70.3 cm³/mol. The van der Waals surface area contributed by atoms with Gasteiger partial charge in [-0.15, -0.1) is 0 Å². The number of nitrogens with zero attached hydrogens (tertiary/aromatic N) is 2. The van der Waals surface area contributed by atoms with Crippen molar-refractivity contribution < 1.29 is 4.79 Å². The van der Waals surface area contributed by atoms with Crippen LogP contribution in [0.1, 0.15) is 29.8 Å². The smallest absolute Gasteiger partial charge is 0.272 e. The van der Waals surface area contributed by atoms with Crippen molar-refractivity contribution in [3.8, 4) is 6.07 Å². The SMILES string of the molecule is N#CC1CCCC1NC(=O)c1n[nH]c2ccccc12. The number of hydrogen-bond acceptors (Lipinski definition) is 3. The highest BCUT2D eigenvalue weighted by Gasteiger charge is 2.29. The van der Waals surface area contributed by atoms with Crippen molar-refractivity contribution >= 4 is 16.8 Å². The summed E-state index contributed by atoms with van der Waals surface area (Å²) in [7, 11) is 0. The monoisotopic (exact) mass is 254 g/mol. The highest BCUT2D eigenvalue weighted by atomic mass is 16.2. The molecule has 2 N–H and O–H groups in total. The molecule has 0 radical (unpaired) electrons. The van der Waals surface area contributed by atoms with Gasteiger partial charge >= 0.3 is 0 Å². The predicted octanol–water partition coefficient (Wildman–Crippen LogP) is 1.98. The number of hydrogen-bond donors (Lipinski definition) is 2. The van der Waals surface area contributed by atoms with Crippen molar-refractivity contribution in [1.82, 2.24) is 15.5 Å². The van der Waals surface area contributed by atoms with Gasteiger partial charge in [0.2, 0.25) is 0 Å². The molecule has 2 unspecified atom stereocenters. The van der Waals surface area contributed by atoms with Crippen LogP contribution in [0.15, 0.2) is 24.3 Å². The lowest BCUT2D eigenvalue weighted by Gasteiger charge is -2.14. The Morgan fingerprint density at radius 1 is 1.42 bits per heavy atom. The number of carbonyl (C=O) groups excluding carboxylic acids is 1. The molecule has 0 aliphatic heterocycles. The van der Waals surface area contributed by atoms with Crippen LogP contribution in [-0.2, 0) is 0 Å². The summed E-state index contributed by atoms with van der Waals surface area (Å²) < 4.78 is 0. The number of H-pyrrole nitrogens is 1. The summed E-state index contributed by atoms with van der Waals surface area (Å²) in [5.74, 6) is -0.279. The lowest BCUT2D eigenvalue weighted by Crippen LogP contribution is -2.37. The van der Waals surface area contributed by atoms with Crippen LogP contribution in [0.2, 0.25) is 0 Å². The van der Waals surface area contributed by atoms with E-state index in [1.807, 2.05) is 24.3 Å². The molecule has 5 heteroatoms. The van der Waals surface area contributed by atoms with Crippen molar-refractivity contribution in [3.63, 3.8) is 0 Å². The highest BCUT2D eigenvalue weighted by molar-refractivity contribution is 6.04. The van der Waals surface area contributed by atoms with Gasteiger partial charge in [-0.05, 0) is 25.3 Å². The number of para-hydroxylation sites is 1. The maximum atomic E-state index is 12.2. The largest absolute Gasteiger partial charge is 0.347 e. The second kappa shape index (κ2) is 4.73. The molecule has 1 fully saturated rings. The molecule has 19 heavy (non-hydrogen) atoms. The van der Waals surface area contributed by atoms with Crippen LogP contribution in [-0.4, -0.2) is 22.1 Å². The third-order valence-electron chi connectivity index (χ3n) is 3.68. The summed E-state index contributed by atoms with van der Waals surface area (Å²) in [6.45, 7) is 0. The number of nitrogens with one attached hydrogen (secondary N) is 2. The Labute approximate surface area is 110 Å². The van der Waals surface area contributed by atoms with Gasteiger partial charge in [0.05, 0.1) is 17.5 Å². The fraction of sp³-hybridized carbons (Fsp3) is 0.357. The topological polar surface area (TPSA) is 81.6 Å². The lowest BCUT2D eigenvalue weighted by molar-refractivity contribution is 0.0929. The second-order valence-electron chi connectivity index (χ2n) is 4.86. The molecular formula is C14H14N4O. The molecule has 96 valence electrons. The van der Waals surface area contributed by atoms with E-state index < -0.39 is 0 Å². The number of rotatable bonds is 2. The number of aromatic nitrogens is 2. The van der Waals surface area contributed by atoms with Gasteiger partial charge in [0, 0.05) is 11.4 Å². The molecule has 1 amide bonds. The minimum absolute atomic E-state index is 0.0482. The van der Waals surface area contributed by atoms with Gasteiger partial charge in [0.1, 0.15) is 0 Å². The molecule has 5 nitrogen and oxygen atoms in total. The van der Waals surface area contributed by atoms with E-state index in [-0.39, 0.29) is 17.9 Å². The molecule has 3 rings (SSSR count). The molecule has 2 aromatic rings. The molecule has 2 atom stereocenters. The highest BCUT2D eigenvalue weighted by Crippen LogP contribution is 2.25. The van der Waals surface area contributed by atoms with Gasteiger partial charge in [-0.3, -0.25) is 9.89 Å². The normalized spacial score (nSPS) is 22.3. The van der Waals surface area contributed by atoms with Crippen molar-refractivity contribution in [2.75, 3.05) is 0 Å². The number of aromatic amines is 1. The first-order chi connectivity index (χ1) is 9.29. The molecule has 1 heterocycles. The number of fused-ring (bicyclic) bond motifs is 1. The van der Waals surface area contributed by atoms with E-state index in [2.05, 4.69) is 21.6 Å². The average Bonchev–Trinajstić information content (AvgIpc) is 3.04. The lowest BCUT2D eigenvalue weighted by atomic mass is 10.1. The number of carbonyl (C=O) groups is 1. The molecule has 1 aliphatic carbocycles. The van der Waals surface area contributed by atoms with Crippen molar-refractivity contribution in [1.29, 1.82) is 5.26 Å². The summed E-state index contributed by atoms with van der Waals surface area (Å²) >= 11 is 0. The molecule has 1 saturated carbocycles. The number of benzene rings is 1. The third kappa shape index (κ3) is 2.06. The summed E-state index contributed by atoms with van der Waals surface area (Å²) in [6, 6.07) is 9.73. The van der Waals surface area contributed by atoms with Gasteiger partial charge in [0.15, 0.2) is 5.69 Å². The molecule has 0 saturated heterocycles. The first-order valence-electron chi connectivity index (χ1n) is 6.43. The van der Waals surface area contributed by atoms with E-state index in [1.54, 1.807) is 0 Å². The number of amides is 1. The van der Waals surface area contributed by atoms with Gasteiger partial charge in [-0.25, -0.2) is 0 Å². The molecule has 0 bridgehead atoms.